The summed E-state index contributed by atoms with van der Waals surface area (Å²) in [4.78, 5) is 7.79. The van der Waals surface area contributed by atoms with Crippen molar-refractivity contribution in [2.24, 2.45) is 16.5 Å². The molecule has 0 amide bonds. The fraction of sp³-hybridized carbons (Fsp3) is 0.333. The van der Waals surface area contributed by atoms with Gasteiger partial charge in [-0.25, -0.2) is 0 Å². The van der Waals surface area contributed by atoms with E-state index in [-0.39, 0.29) is 36.7 Å². The molecule has 5 N–H and O–H groups in total. The van der Waals surface area contributed by atoms with Crippen LogP contribution in [0, 0.1) is 5.41 Å². The van der Waals surface area contributed by atoms with E-state index >= 15 is 0 Å². The van der Waals surface area contributed by atoms with E-state index < -0.39 is 0 Å². The second-order valence-electron chi connectivity index (χ2n) is 4.29. The molecule has 0 atom stereocenters. The summed E-state index contributed by atoms with van der Waals surface area (Å²) in [5.41, 5.74) is 11.6. The zero-order valence-electron chi connectivity index (χ0n) is 11.3. The third-order valence-corrected chi connectivity index (χ3v) is 3.33. The van der Waals surface area contributed by atoms with Crippen molar-refractivity contribution in [3.05, 3.63) is 29.3 Å². The Labute approximate surface area is 141 Å². The molecule has 1 aliphatic rings. The van der Waals surface area contributed by atoms with E-state index in [0.29, 0.717) is 13.1 Å². The third kappa shape index (κ3) is 5.15. The molecule has 9 heteroatoms. The van der Waals surface area contributed by atoms with Crippen molar-refractivity contribution in [1.82, 2.24) is 4.90 Å². The Bertz CT molecular complexity index is 496. The number of halogens is 3. The average Bonchev–Trinajstić information content (AvgIpc) is 2.39. The van der Waals surface area contributed by atoms with Gasteiger partial charge in [0.25, 0.3) is 0 Å². The summed E-state index contributed by atoms with van der Waals surface area (Å²) in [5.74, 6) is 0.0253. The lowest BCUT2D eigenvalue weighted by Crippen LogP contribution is -2.48. The van der Waals surface area contributed by atoms with E-state index in [9.17, 15) is 0 Å². The van der Waals surface area contributed by atoms with Crippen LogP contribution in [-0.4, -0.2) is 43.0 Å². The van der Waals surface area contributed by atoms with Gasteiger partial charge in [0.1, 0.15) is 0 Å². The summed E-state index contributed by atoms with van der Waals surface area (Å²) in [6.45, 7) is 2.96. The SMILES string of the molecule is Cl.Cl.N=C(N=C(N)N)N1CCN(c2ccccc2Cl)CC1. The minimum absolute atomic E-state index is 0. The van der Waals surface area contributed by atoms with Crippen molar-refractivity contribution >= 4 is 54.0 Å². The number of hydrogen-bond acceptors (Lipinski definition) is 2. The first kappa shape index (κ1) is 19.6. The van der Waals surface area contributed by atoms with Gasteiger partial charge >= 0.3 is 0 Å². The summed E-state index contributed by atoms with van der Waals surface area (Å²) in [6.07, 6.45) is 0. The van der Waals surface area contributed by atoms with E-state index in [2.05, 4.69) is 9.89 Å². The van der Waals surface area contributed by atoms with E-state index in [1.54, 1.807) is 0 Å². The summed E-state index contributed by atoms with van der Waals surface area (Å²) in [7, 11) is 0. The maximum absolute atomic E-state index is 7.76. The molecule has 1 aliphatic heterocycles. The molecule has 118 valence electrons. The summed E-state index contributed by atoms with van der Waals surface area (Å²) >= 11 is 6.17. The number of benzene rings is 1. The molecule has 1 saturated heterocycles. The zero-order chi connectivity index (χ0) is 13.8. The van der Waals surface area contributed by atoms with Crippen LogP contribution in [0.4, 0.5) is 5.69 Å². The van der Waals surface area contributed by atoms with Crippen LogP contribution < -0.4 is 16.4 Å². The maximum atomic E-state index is 7.76. The van der Waals surface area contributed by atoms with Gasteiger partial charge in [0.05, 0.1) is 10.7 Å². The molecule has 0 radical (unpaired) electrons. The van der Waals surface area contributed by atoms with Gasteiger partial charge in [0.15, 0.2) is 5.96 Å². The molecule has 1 heterocycles. The van der Waals surface area contributed by atoms with Gasteiger partial charge in [0, 0.05) is 26.2 Å². The Hall–Kier alpha value is -1.37. The monoisotopic (exact) mass is 352 g/mol. The van der Waals surface area contributed by atoms with Crippen molar-refractivity contribution in [1.29, 1.82) is 5.41 Å². The van der Waals surface area contributed by atoms with Crippen LogP contribution in [0.1, 0.15) is 0 Å². The van der Waals surface area contributed by atoms with Crippen LogP contribution in [0.3, 0.4) is 0 Å². The average molecular weight is 354 g/mol. The highest BCUT2D eigenvalue weighted by Crippen LogP contribution is 2.25. The largest absolute Gasteiger partial charge is 0.370 e. The van der Waals surface area contributed by atoms with Gasteiger partial charge in [-0.15, -0.1) is 24.8 Å². The molecule has 21 heavy (non-hydrogen) atoms. The Balaban J connectivity index is 0.00000200. The van der Waals surface area contributed by atoms with Crippen molar-refractivity contribution in [3.63, 3.8) is 0 Å². The van der Waals surface area contributed by atoms with E-state index in [1.807, 2.05) is 29.2 Å². The maximum Gasteiger partial charge on any atom is 0.221 e. The number of aliphatic imine (C=N–C) groups is 1. The number of guanidine groups is 2. The first-order chi connectivity index (χ1) is 9.08. The smallest absolute Gasteiger partial charge is 0.221 e. The number of nitrogens with one attached hydrogen (secondary N) is 1. The molecule has 1 fully saturated rings. The first-order valence-electron chi connectivity index (χ1n) is 6.00. The van der Waals surface area contributed by atoms with Crippen LogP contribution in [-0.2, 0) is 0 Å². The molecule has 0 saturated carbocycles. The number of piperazine rings is 1. The van der Waals surface area contributed by atoms with Crippen LogP contribution >= 0.6 is 36.4 Å². The molecule has 1 aromatic rings. The molecule has 0 unspecified atom stereocenters. The highest BCUT2D eigenvalue weighted by Gasteiger charge is 2.20. The minimum atomic E-state index is -0.0847. The van der Waals surface area contributed by atoms with Gasteiger partial charge in [-0.1, -0.05) is 23.7 Å². The van der Waals surface area contributed by atoms with Gasteiger partial charge < -0.3 is 21.3 Å². The molecular weight excluding hydrogens is 335 g/mol. The highest BCUT2D eigenvalue weighted by molar-refractivity contribution is 6.33. The molecule has 0 aliphatic carbocycles. The summed E-state index contributed by atoms with van der Waals surface area (Å²) in [6, 6.07) is 7.76. The number of nitrogens with zero attached hydrogens (tertiary/aromatic N) is 3. The Morgan fingerprint density at radius 1 is 1.10 bits per heavy atom. The molecule has 2 rings (SSSR count). The van der Waals surface area contributed by atoms with Crippen molar-refractivity contribution in [2.75, 3.05) is 31.1 Å². The standard InChI is InChI=1S/C12H17ClN6.2ClH/c13-9-3-1-2-4-10(9)18-5-7-19(8-6-18)12(16)17-11(14)15;;/h1-4H,5-8H2,(H5,14,15,16,17);2*1H. The summed E-state index contributed by atoms with van der Waals surface area (Å²) in [5, 5.41) is 8.51. The molecular formula is C12H19Cl3N6. The number of hydrogen-bond donors (Lipinski definition) is 3. The van der Waals surface area contributed by atoms with Gasteiger partial charge in [-0.05, 0) is 12.1 Å². The molecule has 1 aromatic carbocycles. The van der Waals surface area contributed by atoms with Crippen molar-refractivity contribution < 1.29 is 0 Å². The Kier molecular flexibility index (Phi) is 8.24. The third-order valence-electron chi connectivity index (χ3n) is 3.01. The Morgan fingerprint density at radius 2 is 1.67 bits per heavy atom. The van der Waals surface area contributed by atoms with Crippen molar-refractivity contribution in [3.8, 4) is 0 Å². The van der Waals surface area contributed by atoms with Gasteiger partial charge in [-0.3, -0.25) is 5.41 Å². The first-order valence-corrected chi connectivity index (χ1v) is 6.38. The number of para-hydroxylation sites is 1. The topological polar surface area (TPSA) is 94.7 Å². The molecule has 0 aromatic heterocycles. The second-order valence-corrected chi connectivity index (χ2v) is 4.69. The predicted molar refractivity (Wildman–Crippen MR) is 93.3 cm³/mol. The number of nitrogens with two attached hydrogens (primary N) is 2. The zero-order valence-corrected chi connectivity index (χ0v) is 13.7. The van der Waals surface area contributed by atoms with Crippen LogP contribution in [0.5, 0.6) is 0 Å². The lowest BCUT2D eigenvalue weighted by atomic mass is 10.2. The van der Waals surface area contributed by atoms with Gasteiger partial charge in [-0.2, -0.15) is 4.99 Å². The fourth-order valence-corrected chi connectivity index (χ4v) is 2.32. The molecule has 6 nitrogen and oxygen atoms in total. The molecule has 0 bridgehead atoms. The minimum Gasteiger partial charge on any atom is -0.370 e. The number of anilines is 1. The normalized spacial score (nSPS) is 13.8. The lowest BCUT2D eigenvalue weighted by molar-refractivity contribution is 0.380. The summed E-state index contributed by atoms with van der Waals surface area (Å²) < 4.78 is 0. The predicted octanol–water partition coefficient (Wildman–Crippen LogP) is 1.51. The van der Waals surface area contributed by atoms with E-state index in [1.165, 1.54) is 0 Å². The van der Waals surface area contributed by atoms with E-state index in [0.717, 1.165) is 23.8 Å². The van der Waals surface area contributed by atoms with E-state index in [4.69, 9.17) is 28.5 Å². The second kappa shape index (κ2) is 8.81. The lowest BCUT2D eigenvalue weighted by Gasteiger charge is -2.36. The molecule has 0 spiro atoms. The highest BCUT2D eigenvalue weighted by atomic mass is 35.5. The van der Waals surface area contributed by atoms with Crippen molar-refractivity contribution in [2.45, 2.75) is 0 Å². The van der Waals surface area contributed by atoms with Crippen LogP contribution in [0.2, 0.25) is 5.02 Å². The number of rotatable bonds is 1. The van der Waals surface area contributed by atoms with Crippen LogP contribution in [0.25, 0.3) is 0 Å². The van der Waals surface area contributed by atoms with Crippen LogP contribution in [0.15, 0.2) is 29.3 Å². The van der Waals surface area contributed by atoms with Gasteiger partial charge in [0.2, 0.25) is 5.96 Å². The Morgan fingerprint density at radius 3 is 2.19 bits per heavy atom. The fourth-order valence-electron chi connectivity index (χ4n) is 2.06. The quantitative estimate of drug-likeness (QED) is 0.527.